The van der Waals surface area contributed by atoms with Gasteiger partial charge in [-0.25, -0.2) is 0 Å². The minimum Gasteiger partial charge on any atom is -0.394 e. The van der Waals surface area contributed by atoms with Crippen LogP contribution in [0.2, 0.25) is 0 Å². The average Bonchev–Trinajstić information content (AvgIpc) is 2.72. The Bertz CT molecular complexity index is 240. The van der Waals surface area contributed by atoms with E-state index in [1.807, 2.05) is 11.8 Å². The van der Waals surface area contributed by atoms with Crippen molar-refractivity contribution in [3.63, 3.8) is 0 Å². The number of ether oxygens (including phenoxy) is 1. The monoisotopic (exact) mass is 275 g/mol. The van der Waals surface area contributed by atoms with Gasteiger partial charge in [-0.15, -0.1) is 0 Å². The van der Waals surface area contributed by atoms with E-state index in [9.17, 15) is 5.11 Å². The number of aliphatic hydroxyl groups excluding tert-OH is 1. The summed E-state index contributed by atoms with van der Waals surface area (Å²) in [7, 11) is 0. The SMILES string of the molecule is CCCNC(C)(CO)CC(C)SC1CCOC1C. The predicted octanol–water partition coefficient (Wildman–Crippen LogP) is 2.43. The first kappa shape index (κ1) is 16.3. The third kappa shape index (κ3) is 5.08. The van der Waals surface area contributed by atoms with Crippen LogP contribution in [-0.2, 0) is 4.74 Å². The summed E-state index contributed by atoms with van der Waals surface area (Å²) in [4.78, 5) is 0. The van der Waals surface area contributed by atoms with Crippen molar-refractivity contribution < 1.29 is 9.84 Å². The van der Waals surface area contributed by atoms with E-state index in [0.29, 0.717) is 16.6 Å². The lowest BCUT2D eigenvalue weighted by atomic mass is 9.97. The van der Waals surface area contributed by atoms with E-state index in [4.69, 9.17) is 4.74 Å². The van der Waals surface area contributed by atoms with Gasteiger partial charge in [-0.1, -0.05) is 13.8 Å². The number of hydrogen-bond donors (Lipinski definition) is 2. The quantitative estimate of drug-likeness (QED) is 0.714. The molecule has 18 heavy (non-hydrogen) atoms. The number of thioether (sulfide) groups is 1. The van der Waals surface area contributed by atoms with E-state index in [0.717, 1.165) is 32.4 Å². The molecule has 0 aromatic carbocycles. The molecule has 0 saturated carbocycles. The largest absolute Gasteiger partial charge is 0.394 e. The van der Waals surface area contributed by atoms with Crippen molar-refractivity contribution in [3.05, 3.63) is 0 Å². The summed E-state index contributed by atoms with van der Waals surface area (Å²) in [6, 6.07) is 0. The summed E-state index contributed by atoms with van der Waals surface area (Å²) in [5.41, 5.74) is -0.148. The molecule has 0 aromatic heterocycles. The van der Waals surface area contributed by atoms with Crippen LogP contribution in [0, 0.1) is 0 Å². The highest BCUT2D eigenvalue weighted by molar-refractivity contribution is 8.00. The molecule has 0 amide bonds. The number of nitrogens with one attached hydrogen (secondary N) is 1. The molecule has 1 aliphatic heterocycles. The third-order valence-electron chi connectivity index (χ3n) is 3.60. The fourth-order valence-electron chi connectivity index (χ4n) is 2.49. The maximum atomic E-state index is 9.58. The van der Waals surface area contributed by atoms with Gasteiger partial charge in [-0.2, -0.15) is 11.8 Å². The smallest absolute Gasteiger partial charge is 0.0666 e. The van der Waals surface area contributed by atoms with Crippen molar-refractivity contribution in [1.82, 2.24) is 5.32 Å². The second-order valence-corrected chi connectivity index (χ2v) is 7.38. The lowest BCUT2D eigenvalue weighted by Gasteiger charge is -2.32. The molecule has 1 heterocycles. The summed E-state index contributed by atoms with van der Waals surface area (Å²) in [5.74, 6) is 0. The van der Waals surface area contributed by atoms with Gasteiger partial charge < -0.3 is 15.2 Å². The van der Waals surface area contributed by atoms with E-state index in [1.165, 1.54) is 0 Å². The second kappa shape index (κ2) is 7.73. The van der Waals surface area contributed by atoms with Crippen LogP contribution in [0.1, 0.15) is 47.0 Å². The second-order valence-electron chi connectivity index (χ2n) is 5.70. The maximum Gasteiger partial charge on any atom is 0.0666 e. The molecule has 1 aliphatic rings. The number of rotatable bonds is 8. The summed E-state index contributed by atoms with van der Waals surface area (Å²) in [6.07, 6.45) is 3.64. The molecule has 108 valence electrons. The first-order valence-electron chi connectivity index (χ1n) is 7.13. The van der Waals surface area contributed by atoms with Crippen molar-refractivity contribution in [2.24, 2.45) is 0 Å². The zero-order chi connectivity index (χ0) is 13.6. The van der Waals surface area contributed by atoms with Crippen LogP contribution in [0.25, 0.3) is 0 Å². The summed E-state index contributed by atoms with van der Waals surface area (Å²) < 4.78 is 5.60. The van der Waals surface area contributed by atoms with Gasteiger partial charge >= 0.3 is 0 Å². The van der Waals surface area contributed by atoms with Gasteiger partial charge in [0.2, 0.25) is 0 Å². The Morgan fingerprint density at radius 2 is 2.28 bits per heavy atom. The van der Waals surface area contributed by atoms with E-state index in [-0.39, 0.29) is 12.1 Å². The first-order chi connectivity index (χ1) is 8.50. The summed E-state index contributed by atoms with van der Waals surface area (Å²) in [6.45, 7) is 10.8. The fourth-order valence-corrected chi connectivity index (χ4v) is 4.08. The lowest BCUT2D eigenvalue weighted by molar-refractivity contribution is 0.127. The van der Waals surface area contributed by atoms with Gasteiger partial charge in [0.15, 0.2) is 0 Å². The topological polar surface area (TPSA) is 41.5 Å². The predicted molar refractivity (Wildman–Crippen MR) is 79.3 cm³/mol. The zero-order valence-corrected chi connectivity index (χ0v) is 13.1. The molecule has 4 heteroatoms. The molecule has 0 bridgehead atoms. The van der Waals surface area contributed by atoms with Crippen LogP contribution in [0.15, 0.2) is 0 Å². The molecule has 0 radical (unpaired) electrons. The standard InChI is InChI=1S/C14H29NO2S/c1-5-7-15-14(4,10-16)9-11(2)18-13-6-8-17-12(13)3/h11-13,15-16H,5-10H2,1-4H3. The van der Waals surface area contributed by atoms with E-state index in [1.54, 1.807) is 0 Å². The molecule has 1 rings (SSSR count). The van der Waals surface area contributed by atoms with Crippen molar-refractivity contribution in [2.45, 2.75) is 69.1 Å². The average molecular weight is 275 g/mol. The van der Waals surface area contributed by atoms with Gasteiger partial charge in [0, 0.05) is 22.6 Å². The minimum atomic E-state index is -0.148. The van der Waals surface area contributed by atoms with Gasteiger partial charge in [0.1, 0.15) is 0 Å². The molecule has 4 unspecified atom stereocenters. The molecule has 3 nitrogen and oxygen atoms in total. The van der Waals surface area contributed by atoms with Crippen LogP contribution in [0.4, 0.5) is 0 Å². The molecule has 0 spiro atoms. The van der Waals surface area contributed by atoms with Crippen molar-refractivity contribution in [1.29, 1.82) is 0 Å². The number of hydrogen-bond acceptors (Lipinski definition) is 4. The first-order valence-corrected chi connectivity index (χ1v) is 8.08. The van der Waals surface area contributed by atoms with Gasteiger partial charge in [0.05, 0.1) is 12.7 Å². The molecule has 1 fully saturated rings. The molecule has 0 aromatic rings. The zero-order valence-electron chi connectivity index (χ0n) is 12.2. The fraction of sp³-hybridized carbons (Fsp3) is 1.00. The van der Waals surface area contributed by atoms with Crippen LogP contribution in [-0.4, -0.2) is 47.0 Å². The molecule has 4 atom stereocenters. The highest BCUT2D eigenvalue weighted by atomic mass is 32.2. The molecular weight excluding hydrogens is 246 g/mol. The van der Waals surface area contributed by atoms with Crippen LogP contribution in [0.3, 0.4) is 0 Å². The molecule has 2 N–H and O–H groups in total. The van der Waals surface area contributed by atoms with Crippen molar-refractivity contribution in [2.75, 3.05) is 19.8 Å². The van der Waals surface area contributed by atoms with Crippen LogP contribution < -0.4 is 5.32 Å². The van der Waals surface area contributed by atoms with Gasteiger partial charge in [0.25, 0.3) is 0 Å². The summed E-state index contributed by atoms with van der Waals surface area (Å²) in [5, 5.41) is 14.2. The Balaban J connectivity index is 2.38. The Morgan fingerprint density at radius 3 is 2.78 bits per heavy atom. The van der Waals surface area contributed by atoms with Gasteiger partial charge in [-0.3, -0.25) is 0 Å². The Hall–Kier alpha value is 0.230. The normalized spacial score (nSPS) is 29.2. The van der Waals surface area contributed by atoms with Crippen LogP contribution in [0.5, 0.6) is 0 Å². The van der Waals surface area contributed by atoms with Crippen molar-refractivity contribution in [3.8, 4) is 0 Å². The molecule has 0 aliphatic carbocycles. The van der Waals surface area contributed by atoms with E-state index < -0.39 is 0 Å². The molecule has 1 saturated heterocycles. The maximum absolute atomic E-state index is 9.58. The van der Waals surface area contributed by atoms with Crippen LogP contribution >= 0.6 is 11.8 Å². The number of aliphatic hydroxyl groups is 1. The van der Waals surface area contributed by atoms with E-state index in [2.05, 4.69) is 33.0 Å². The van der Waals surface area contributed by atoms with E-state index >= 15 is 0 Å². The Morgan fingerprint density at radius 1 is 1.56 bits per heavy atom. The van der Waals surface area contributed by atoms with Crippen molar-refractivity contribution >= 4 is 11.8 Å². The lowest BCUT2D eigenvalue weighted by Crippen LogP contribution is -2.47. The summed E-state index contributed by atoms with van der Waals surface area (Å²) >= 11 is 2.01. The Kier molecular flexibility index (Phi) is 6.99. The minimum absolute atomic E-state index is 0.148. The van der Waals surface area contributed by atoms with Gasteiger partial charge in [-0.05, 0) is 39.7 Å². The molecular formula is C14H29NO2S. The third-order valence-corrected chi connectivity index (χ3v) is 5.20. The highest BCUT2D eigenvalue weighted by Crippen LogP contribution is 2.32. The highest BCUT2D eigenvalue weighted by Gasteiger charge is 2.30. The Labute approximate surface area is 116 Å².